The first-order valence-corrected chi connectivity index (χ1v) is 27.5. The SMILES string of the molecule is CC(C)(C)CC(=O)OC(C)(C)C.CC(C)(C)CCC(=O)NCC(C)(C)C.CC(C)(C)CCC/C=C/CCCC(C)(C)C.CC(C)(C)CCCC(=O)NC(C)(C)C.CC(C)(C)Cc1cn(CC(C)(C)C)nn1. The molecule has 1 aromatic rings. The number of nitrogens with one attached hydrogen (secondary N) is 2. The molecule has 1 aromatic heterocycles. The van der Waals surface area contributed by atoms with Crippen molar-refractivity contribution in [3.8, 4) is 0 Å². The van der Waals surface area contributed by atoms with Gasteiger partial charge in [0.2, 0.25) is 11.8 Å². The van der Waals surface area contributed by atoms with Crippen LogP contribution in [0.4, 0.5) is 0 Å². The van der Waals surface area contributed by atoms with Gasteiger partial charge in [0, 0.05) is 37.7 Å². The molecule has 0 aromatic carbocycles. The Balaban J connectivity index is -0.000000396. The number of unbranched alkanes of at least 4 members (excludes halogenated alkanes) is 2. The van der Waals surface area contributed by atoms with Crippen molar-refractivity contribution >= 4 is 17.8 Å². The zero-order chi connectivity index (χ0) is 57.2. The first kappa shape index (κ1) is 74.8. The van der Waals surface area contributed by atoms with E-state index in [1.165, 1.54) is 38.5 Å². The second-order valence-corrected chi connectivity index (χ2v) is 32.0. The Hall–Kier alpha value is -2.71. The second-order valence-electron chi connectivity index (χ2n) is 32.0. The molecule has 0 unspecified atom stereocenters. The van der Waals surface area contributed by atoms with E-state index in [9.17, 15) is 14.4 Å². The Morgan fingerprint density at radius 3 is 1.27 bits per heavy atom. The summed E-state index contributed by atoms with van der Waals surface area (Å²) >= 11 is 0. The lowest BCUT2D eigenvalue weighted by Gasteiger charge is -2.23. The van der Waals surface area contributed by atoms with Crippen molar-refractivity contribution in [2.75, 3.05) is 6.54 Å². The summed E-state index contributed by atoms with van der Waals surface area (Å²) in [6.07, 6.45) is 20.4. The number of carbonyl (C=O) groups is 3. The number of amides is 2. The van der Waals surface area contributed by atoms with E-state index in [4.69, 9.17) is 4.74 Å². The molecule has 9 heteroatoms. The lowest BCUT2D eigenvalue weighted by atomic mass is 9.89. The molecule has 2 amide bonds. The van der Waals surface area contributed by atoms with E-state index in [-0.39, 0.29) is 56.0 Å². The van der Waals surface area contributed by atoms with E-state index in [0.717, 1.165) is 44.5 Å². The molecular weight excluding hydrogens is 879 g/mol. The van der Waals surface area contributed by atoms with E-state index >= 15 is 0 Å². The Kier molecular flexibility index (Phi) is 34.3. The molecule has 0 aliphatic carbocycles. The molecule has 2 N–H and O–H groups in total. The van der Waals surface area contributed by atoms with E-state index in [0.29, 0.717) is 35.5 Å². The lowest BCUT2D eigenvalue weighted by Crippen LogP contribution is -2.40. The topological polar surface area (TPSA) is 115 Å². The smallest absolute Gasteiger partial charge is 0.306 e. The van der Waals surface area contributed by atoms with Crippen molar-refractivity contribution in [1.82, 2.24) is 25.6 Å². The lowest BCUT2D eigenvalue weighted by molar-refractivity contribution is -0.157. The standard InChI is InChI=1S/C16H32.C12H23N3.2C12H25NO.C10H20O2/c1-15(2,3)13-11-9-7-8-10-12-14-16(4,5)6;1-11(2,3)7-10-8-15(14-13-10)9-12(4,5)6;1-11(2,3)8-7-10(14)13-9-12(4,5)6;1-11(2,3)9-7-8-10(14)13-12(4,5)6;1-9(2,3)7-8(11)12-10(4,5)6/h7-8H,9-14H2,1-6H3;8H,7,9H2,1-6H3;2*7-9H2,1-6H3,(H,13,14);7H2,1-6H3/b8-7+;;;;. The first-order chi connectivity index (χ1) is 31.2. The summed E-state index contributed by atoms with van der Waals surface area (Å²) in [6.45, 7) is 66.1. The minimum absolute atomic E-state index is 0.0162. The summed E-state index contributed by atoms with van der Waals surface area (Å²) in [5.74, 6) is 0.228. The highest BCUT2D eigenvalue weighted by molar-refractivity contribution is 5.76. The highest BCUT2D eigenvalue weighted by Gasteiger charge is 2.22. The Morgan fingerprint density at radius 2 is 0.930 bits per heavy atom. The van der Waals surface area contributed by atoms with Gasteiger partial charge in [0.25, 0.3) is 0 Å². The van der Waals surface area contributed by atoms with Crippen LogP contribution in [0.2, 0.25) is 0 Å². The Bertz CT molecular complexity index is 1490. The zero-order valence-corrected chi connectivity index (χ0v) is 53.3. The van der Waals surface area contributed by atoms with Gasteiger partial charge >= 0.3 is 5.97 Å². The maximum Gasteiger partial charge on any atom is 0.306 e. The summed E-state index contributed by atoms with van der Waals surface area (Å²) in [6, 6.07) is 0. The number of nitrogens with zero attached hydrogens (tertiary/aromatic N) is 3. The van der Waals surface area contributed by atoms with E-state index in [2.05, 4.69) is 185 Å². The summed E-state index contributed by atoms with van der Waals surface area (Å²) < 4.78 is 7.12. The average molecular weight is 1000 g/mol. The number of allylic oxidation sites excluding steroid dienone is 2. The normalized spacial score (nSPS) is 13.0. The van der Waals surface area contributed by atoms with Crippen LogP contribution in [0.15, 0.2) is 18.3 Å². The molecule has 0 fully saturated rings. The molecule has 0 aliphatic heterocycles. The van der Waals surface area contributed by atoms with Crippen molar-refractivity contribution in [3.05, 3.63) is 24.0 Å². The summed E-state index contributed by atoms with van der Waals surface area (Å²) in [5.41, 5.74) is 2.95. The van der Waals surface area contributed by atoms with Gasteiger partial charge in [-0.3, -0.25) is 19.1 Å². The fraction of sp³-hybridized carbons (Fsp3) is 0.887. The number of hydrogen-bond acceptors (Lipinski definition) is 6. The number of rotatable bonds is 15. The molecule has 0 saturated heterocycles. The van der Waals surface area contributed by atoms with Gasteiger partial charge in [0.05, 0.1) is 12.1 Å². The van der Waals surface area contributed by atoms with Crippen LogP contribution in [0.25, 0.3) is 0 Å². The minimum atomic E-state index is -0.359. The average Bonchev–Trinajstić information content (AvgIpc) is 3.47. The van der Waals surface area contributed by atoms with E-state index in [1.54, 1.807) is 0 Å². The van der Waals surface area contributed by atoms with Gasteiger partial charge in [-0.2, -0.15) is 0 Å². The van der Waals surface area contributed by atoms with Gasteiger partial charge in [0.15, 0.2) is 0 Å². The highest BCUT2D eigenvalue weighted by atomic mass is 16.6. The monoisotopic (exact) mass is 1000 g/mol. The van der Waals surface area contributed by atoms with Gasteiger partial charge in [-0.05, 0) is 149 Å². The maximum absolute atomic E-state index is 11.4. The molecular formula is C62H125N5O4. The van der Waals surface area contributed by atoms with Crippen LogP contribution < -0.4 is 10.6 Å². The predicted molar refractivity (Wildman–Crippen MR) is 311 cm³/mol. The Morgan fingerprint density at radius 1 is 0.507 bits per heavy atom. The molecule has 9 nitrogen and oxygen atoms in total. The quantitative estimate of drug-likeness (QED) is 0.103. The van der Waals surface area contributed by atoms with Crippen molar-refractivity contribution in [2.45, 2.75) is 309 Å². The third kappa shape index (κ3) is 71.6. The van der Waals surface area contributed by atoms with Crippen molar-refractivity contribution < 1.29 is 19.1 Å². The molecule has 0 bridgehead atoms. The van der Waals surface area contributed by atoms with Crippen LogP contribution >= 0.6 is 0 Å². The van der Waals surface area contributed by atoms with Crippen LogP contribution in [-0.2, 0) is 32.1 Å². The predicted octanol–water partition coefficient (Wildman–Crippen LogP) is 17.7. The van der Waals surface area contributed by atoms with Crippen LogP contribution in [0.5, 0.6) is 0 Å². The van der Waals surface area contributed by atoms with Gasteiger partial charge in [0.1, 0.15) is 5.60 Å². The molecule has 1 rings (SSSR count). The molecule has 0 radical (unpaired) electrons. The first-order valence-electron chi connectivity index (χ1n) is 27.5. The highest BCUT2D eigenvalue weighted by Crippen LogP contribution is 2.25. The summed E-state index contributed by atoms with van der Waals surface area (Å²) in [5, 5.41) is 14.3. The molecule has 1 heterocycles. The van der Waals surface area contributed by atoms with E-state index in [1.807, 2.05) is 67.0 Å². The largest absolute Gasteiger partial charge is 0.460 e. The molecule has 0 saturated carbocycles. The van der Waals surface area contributed by atoms with Crippen LogP contribution in [0, 0.1) is 43.3 Å². The zero-order valence-electron chi connectivity index (χ0n) is 53.3. The van der Waals surface area contributed by atoms with Crippen molar-refractivity contribution in [2.24, 2.45) is 43.3 Å². The van der Waals surface area contributed by atoms with E-state index < -0.39 is 0 Å². The van der Waals surface area contributed by atoms with Gasteiger partial charge in [-0.1, -0.05) is 184 Å². The number of carbonyl (C=O) groups excluding carboxylic acids is 3. The van der Waals surface area contributed by atoms with Crippen LogP contribution in [0.1, 0.15) is 290 Å². The van der Waals surface area contributed by atoms with Gasteiger partial charge < -0.3 is 15.4 Å². The molecule has 0 atom stereocenters. The number of esters is 1. The number of ether oxygens (including phenoxy) is 1. The Labute approximate surface area is 443 Å². The minimum Gasteiger partial charge on any atom is -0.460 e. The van der Waals surface area contributed by atoms with Crippen molar-refractivity contribution in [1.29, 1.82) is 0 Å². The number of hydrogen-bond donors (Lipinski definition) is 2. The maximum atomic E-state index is 11.4. The second kappa shape index (κ2) is 32.6. The van der Waals surface area contributed by atoms with Crippen LogP contribution in [0.3, 0.4) is 0 Å². The summed E-state index contributed by atoms with van der Waals surface area (Å²) in [4.78, 5) is 34.1. The fourth-order valence-electron chi connectivity index (χ4n) is 6.27. The van der Waals surface area contributed by atoms with Gasteiger partial charge in [-0.25, -0.2) is 0 Å². The van der Waals surface area contributed by atoms with Gasteiger partial charge in [-0.15, -0.1) is 5.10 Å². The molecule has 422 valence electrons. The molecule has 71 heavy (non-hydrogen) atoms. The third-order valence-corrected chi connectivity index (χ3v) is 9.55. The van der Waals surface area contributed by atoms with Crippen molar-refractivity contribution in [3.63, 3.8) is 0 Å². The van der Waals surface area contributed by atoms with Crippen LogP contribution in [-0.4, -0.2) is 50.5 Å². The fourth-order valence-corrected chi connectivity index (χ4v) is 6.27. The summed E-state index contributed by atoms with van der Waals surface area (Å²) in [7, 11) is 0. The molecule has 0 aliphatic rings. The number of aromatic nitrogens is 3. The third-order valence-electron chi connectivity index (χ3n) is 9.55. The molecule has 0 spiro atoms.